The molecule has 0 saturated heterocycles. The second-order valence-corrected chi connectivity index (χ2v) is 7.48. The van der Waals surface area contributed by atoms with Gasteiger partial charge in [-0.3, -0.25) is 4.90 Å². The Morgan fingerprint density at radius 3 is 2.77 bits per heavy atom. The van der Waals surface area contributed by atoms with Crippen LogP contribution in [0.4, 0.5) is 0 Å². The number of hydrogen-bond acceptors (Lipinski definition) is 4. The smallest absolute Gasteiger partial charge is 0.231 e. The predicted molar refractivity (Wildman–Crippen MR) is 103 cm³/mol. The minimum atomic E-state index is 0.310. The first-order valence-corrected chi connectivity index (χ1v) is 9.96. The molecule has 1 heterocycles. The molecule has 0 unspecified atom stereocenters. The van der Waals surface area contributed by atoms with Crippen LogP contribution in [0.2, 0.25) is 0 Å². The van der Waals surface area contributed by atoms with Gasteiger partial charge in [-0.15, -0.1) is 0 Å². The average Bonchev–Trinajstić information content (AvgIpc) is 3.57. The lowest BCUT2D eigenvalue weighted by atomic mass is 10.2. The molecule has 6 heteroatoms. The van der Waals surface area contributed by atoms with Crippen molar-refractivity contribution in [3.05, 3.63) is 23.8 Å². The van der Waals surface area contributed by atoms with E-state index in [1.165, 1.54) is 32.2 Å². The Bertz CT molecular complexity index is 641. The van der Waals surface area contributed by atoms with Gasteiger partial charge in [0.1, 0.15) is 0 Å². The molecule has 6 nitrogen and oxygen atoms in total. The monoisotopic (exact) mass is 358 g/mol. The van der Waals surface area contributed by atoms with Crippen molar-refractivity contribution in [2.24, 2.45) is 10.9 Å². The number of guanidine groups is 1. The van der Waals surface area contributed by atoms with Gasteiger partial charge in [-0.1, -0.05) is 6.07 Å². The Kier molecular flexibility index (Phi) is 5.48. The van der Waals surface area contributed by atoms with Crippen LogP contribution in [-0.2, 0) is 6.54 Å². The molecule has 3 aliphatic rings. The maximum Gasteiger partial charge on any atom is 0.231 e. The van der Waals surface area contributed by atoms with Crippen molar-refractivity contribution in [2.75, 3.05) is 33.0 Å². The van der Waals surface area contributed by atoms with E-state index in [0.29, 0.717) is 13.3 Å². The van der Waals surface area contributed by atoms with E-state index in [-0.39, 0.29) is 0 Å². The number of benzene rings is 1. The molecule has 0 atom stereocenters. The summed E-state index contributed by atoms with van der Waals surface area (Å²) in [6.07, 6.45) is 5.61. The molecule has 2 saturated carbocycles. The van der Waals surface area contributed by atoms with E-state index in [1.54, 1.807) is 0 Å². The third kappa shape index (κ3) is 4.81. The van der Waals surface area contributed by atoms with Crippen LogP contribution in [0.25, 0.3) is 0 Å². The van der Waals surface area contributed by atoms with Gasteiger partial charge in [-0.2, -0.15) is 0 Å². The zero-order valence-electron chi connectivity index (χ0n) is 15.7. The molecule has 2 N–H and O–H groups in total. The number of fused-ring (bicyclic) bond motifs is 1. The fourth-order valence-corrected chi connectivity index (χ4v) is 3.36. The number of hydrogen-bond donors (Lipinski definition) is 2. The first kappa shape index (κ1) is 17.5. The maximum absolute atomic E-state index is 5.44. The van der Waals surface area contributed by atoms with E-state index in [2.05, 4.69) is 22.5 Å². The molecule has 26 heavy (non-hydrogen) atoms. The highest BCUT2D eigenvalue weighted by molar-refractivity contribution is 5.79. The van der Waals surface area contributed by atoms with Gasteiger partial charge in [0.05, 0.1) is 6.54 Å². The minimum Gasteiger partial charge on any atom is -0.454 e. The van der Waals surface area contributed by atoms with E-state index in [1.807, 2.05) is 18.2 Å². The van der Waals surface area contributed by atoms with Crippen molar-refractivity contribution in [1.82, 2.24) is 15.5 Å². The standard InChI is InChI=1S/C20H30N4O2/c1-2-21-20(22-9-10-24(17-6-7-17)13-15-3-4-15)23-12-16-5-8-18-19(11-16)26-14-25-18/h5,8,11,15,17H,2-4,6-7,9-10,12-14H2,1H3,(H2,21,22,23). The highest BCUT2D eigenvalue weighted by Gasteiger charge is 2.33. The van der Waals surface area contributed by atoms with Gasteiger partial charge in [-0.25, -0.2) is 4.99 Å². The zero-order chi connectivity index (χ0) is 17.8. The lowest BCUT2D eigenvalue weighted by Gasteiger charge is -2.22. The van der Waals surface area contributed by atoms with Crippen molar-refractivity contribution in [1.29, 1.82) is 0 Å². The van der Waals surface area contributed by atoms with Crippen LogP contribution in [0.3, 0.4) is 0 Å². The molecule has 0 bridgehead atoms. The number of nitrogens with zero attached hydrogens (tertiary/aromatic N) is 2. The molecule has 2 aliphatic carbocycles. The lowest BCUT2D eigenvalue weighted by Crippen LogP contribution is -2.42. The molecule has 0 radical (unpaired) electrons. The summed E-state index contributed by atoms with van der Waals surface area (Å²) in [6, 6.07) is 6.86. The van der Waals surface area contributed by atoms with Crippen molar-refractivity contribution in [3.8, 4) is 11.5 Å². The molecule has 1 aliphatic heterocycles. The molecular weight excluding hydrogens is 328 g/mol. The fraction of sp³-hybridized carbons (Fsp3) is 0.650. The van der Waals surface area contributed by atoms with E-state index < -0.39 is 0 Å². The van der Waals surface area contributed by atoms with Gasteiger partial charge in [0.15, 0.2) is 17.5 Å². The summed E-state index contributed by atoms with van der Waals surface area (Å²) >= 11 is 0. The quantitative estimate of drug-likeness (QED) is 0.524. The van der Waals surface area contributed by atoms with Crippen LogP contribution in [-0.4, -0.2) is 49.9 Å². The summed E-state index contributed by atoms with van der Waals surface area (Å²) in [4.78, 5) is 7.39. The highest BCUT2D eigenvalue weighted by atomic mass is 16.7. The van der Waals surface area contributed by atoms with E-state index >= 15 is 0 Å². The Morgan fingerprint density at radius 1 is 1.15 bits per heavy atom. The Labute approximate surface area is 156 Å². The Hall–Kier alpha value is -1.95. The van der Waals surface area contributed by atoms with E-state index in [4.69, 9.17) is 14.5 Å². The van der Waals surface area contributed by atoms with E-state index in [0.717, 1.165) is 54.6 Å². The molecule has 0 amide bonds. The van der Waals surface area contributed by atoms with Gasteiger partial charge < -0.3 is 20.1 Å². The van der Waals surface area contributed by atoms with Crippen LogP contribution in [0.5, 0.6) is 11.5 Å². The van der Waals surface area contributed by atoms with Gasteiger partial charge in [0.2, 0.25) is 6.79 Å². The summed E-state index contributed by atoms with van der Waals surface area (Å²) in [6.45, 7) is 7.23. The molecule has 2 fully saturated rings. The Morgan fingerprint density at radius 2 is 2.00 bits per heavy atom. The second kappa shape index (κ2) is 8.16. The summed E-state index contributed by atoms with van der Waals surface area (Å²) in [5.41, 5.74) is 1.12. The van der Waals surface area contributed by atoms with Gasteiger partial charge in [0.25, 0.3) is 0 Å². The fourth-order valence-electron chi connectivity index (χ4n) is 3.36. The van der Waals surface area contributed by atoms with Crippen LogP contribution in [0, 0.1) is 5.92 Å². The molecule has 1 aromatic carbocycles. The van der Waals surface area contributed by atoms with Crippen LogP contribution in [0.15, 0.2) is 23.2 Å². The number of nitrogens with one attached hydrogen (secondary N) is 2. The van der Waals surface area contributed by atoms with Crippen LogP contribution in [0.1, 0.15) is 38.2 Å². The third-order valence-electron chi connectivity index (χ3n) is 5.15. The molecule has 142 valence electrons. The summed E-state index contributed by atoms with van der Waals surface area (Å²) in [7, 11) is 0. The second-order valence-electron chi connectivity index (χ2n) is 7.48. The minimum absolute atomic E-state index is 0.310. The van der Waals surface area contributed by atoms with Crippen molar-refractivity contribution < 1.29 is 9.47 Å². The summed E-state index contributed by atoms with van der Waals surface area (Å²) in [5.74, 6) is 3.48. The van der Waals surface area contributed by atoms with Gasteiger partial charge in [-0.05, 0) is 56.2 Å². The van der Waals surface area contributed by atoms with Gasteiger partial charge >= 0.3 is 0 Å². The maximum atomic E-state index is 5.44. The van der Waals surface area contributed by atoms with Crippen LogP contribution >= 0.6 is 0 Å². The zero-order valence-corrected chi connectivity index (χ0v) is 15.7. The Balaban J connectivity index is 1.27. The number of ether oxygens (including phenoxy) is 2. The van der Waals surface area contributed by atoms with Gasteiger partial charge in [0, 0.05) is 32.2 Å². The number of aliphatic imine (C=N–C) groups is 1. The lowest BCUT2D eigenvalue weighted by molar-refractivity contribution is 0.174. The third-order valence-corrected chi connectivity index (χ3v) is 5.15. The van der Waals surface area contributed by atoms with Crippen molar-refractivity contribution in [2.45, 2.75) is 45.2 Å². The average molecular weight is 358 g/mol. The molecule has 1 aromatic rings. The molecule has 0 spiro atoms. The van der Waals surface area contributed by atoms with Crippen LogP contribution < -0.4 is 20.1 Å². The van der Waals surface area contributed by atoms with Crippen molar-refractivity contribution in [3.63, 3.8) is 0 Å². The topological polar surface area (TPSA) is 58.1 Å². The molecule has 0 aromatic heterocycles. The number of rotatable bonds is 9. The SMILES string of the molecule is CCNC(=NCc1ccc2c(c1)OCO2)NCCN(CC1CC1)C1CC1. The predicted octanol–water partition coefficient (Wildman–Crippen LogP) is 2.34. The first-order chi connectivity index (χ1) is 12.8. The highest BCUT2D eigenvalue weighted by Crippen LogP contribution is 2.34. The first-order valence-electron chi connectivity index (χ1n) is 9.96. The summed E-state index contributed by atoms with van der Waals surface area (Å²) in [5, 5.41) is 6.83. The van der Waals surface area contributed by atoms with Crippen molar-refractivity contribution >= 4 is 5.96 Å². The normalized spacial score (nSPS) is 19.1. The molecular formula is C20H30N4O2. The van der Waals surface area contributed by atoms with E-state index in [9.17, 15) is 0 Å². The molecule has 4 rings (SSSR count). The summed E-state index contributed by atoms with van der Waals surface area (Å²) < 4.78 is 10.8. The largest absolute Gasteiger partial charge is 0.454 e.